The highest BCUT2D eigenvalue weighted by atomic mass is 16.2. The summed E-state index contributed by atoms with van der Waals surface area (Å²) >= 11 is 0. The van der Waals surface area contributed by atoms with Crippen molar-refractivity contribution in [1.29, 1.82) is 0 Å². The molecule has 22 heavy (non-hydrogen) atoms. The minimum absolute atomic E-state index is 0.307. The van der Waals surface area contributed by atoms with Crippen LogP contribution in [0.3, 0.4) is 0 Å². The summed E-state index contributed by atoms with van der Waals surface area (Å²) in [6.07, 6.45) is 5.23. The zero-order valence-electron chi connectivity index (χ0n) is 13.1. The van der Waals surface area contributed by atoms with Crippen molar-refractivity contribution < 1.29 is 4.79 Å². The maximum atomic E-state index is 12.3. The molecule has 0 aliphatic carbocycles. The van der Waals surface area contributed by atoms with E-state index in [-0.39, 0.29) is 11.2 Å². The van der Waals surface area contributed by atoms with Crippen LogP contribution in [0, 0.1) is 0 Å². The highest BCUT2D eigenvalue weighted by molar-refractivity contribution is 5.69. The number of unbranched alkanes of at least 4 members (excludes halogenated alkanes) is 3. The van der Waals surface area contributed by atoms with Crippen LogP contribution < -0.4 is 11.2 Å². The minimum Gasteiger partial charge on any atom is -0.328 e. The van der Waals surface area contributed by atoms with Crippen LogP contribution in [-0.2, 0) is 25.4 Å². The van der Waals surface area contributed by atoms with Gasteiger partial charge >= 0.3 is 5.69 Å². The van der Waals surface area contributed by atoms with Gasteiger partial charge in [0.15, 0.2) is 11.2 Å². The van der Waals surface area contributed by atoms with Gasteiger partial charge in [0.25, 0.3) is 5.56 Å². The molecule has 0 N–H and O–H groups in total. The molecule has 7 nitrogen and oxygen atoms in total. The van der Waals surface area contributed by atoms with Crippen LogP contribution in [0.2, 0.25) is 0 Å². The fraction of sp³-hybridized carbons (Fsp3) is 0.467. The second-order valence-electron chi connectivity index (χ2n) is 4.84. The number of carbonyl (C=O) groups is 1. The Morgan fingerprint density at radius 3 is 2.50 bits per heavy atom. The molecular formula is C15H22N4O3. The number of nitrogens with zero attached hydrogens (tertiary/aromatic N) is 4. The maximum Gasteiger partial charge on any atom is 0.332 e. The summed E-state index contributed by atoms with van der Waals surface area (Å²) in [6, 6.07) is 0. The third kappa shape index (κ3) is 3.41. The molecule has 0 fully saturated rings. The molecule has 0 spiro atoms. The van der Waals surface area contributed by atoms with Crippen molar-refractivity contribution in [3.63, 3.8) is 0 Å². The van der Waals surface area contributed by atoms with E-state index in [2.05, 4.69) is 18.1 Å². The van der Waals surface area contributed by atoms with Gasteiger partial charge in [-0.3, -0.25) is 13.9 Å². The standard InChI is InChI=1S/C13H18N4O3.C2H4/c1-15-9-14-11-10(15)12(19)17(13(20)16(11)2)7-5-3-4-6-8-18;1-2/h8-9H,3-7H2,1-2H3;1-2H2. The molecule has 0 aliphatic rings. The molecule has 2 aromatic rings. The summed E-state index contributed by atoms with van der Waals surface area (Å²) in [7, 11) is 3.34. The Morgan fingerprint density at radius 1 is 1.18 bits per heavy atom. The van der Waals surface area contributed by atoms with Gasteiger partial charge in [-0.2, -0.15) is 0 Å². The molecule has 0 aromatic carbocycles. The number of fused-ring (bicyclic) bond motifs is 1. The molecule has 0 atom stereocenters. The second-order valence-corrected chi connectivity index (χ2v) is 4.84. The Balaban J connectivity index is 0.00000116. The molecule has 0 amide bonds. The number of hydrogen-bond donors (Lipinski definition) is 0. The Bertz CT molecular complexity index is 754. The van der Waals surface area contributed by atoms with Gasteiger partial charge in [-0.1, -0.05) is 6.42 Å². The fourth-order valence-electron chi connectivity index (χ4n) is 2.27. The van der Waals surface area contributed by atoms with Crippen LogP contribution in [0.25, 0.3) is 11.2 Å². The van der Waals surface area contributed by atoms with Crippen LogP contribution in [0.5, 0.6) is 0 Å². The van der Waals surface area contributed by atoms with Crippen LogP contribution in [0.15, 0.2) is 29.1 Å². The lowest BCUT2D eigenvalue weighted by atomic mass is 10.2. The molecule has 0 saturated heterocycles. The molecule has 2 rings (SSSR count). The second kappa shape index (κ2) is 8.11. The molecule has 120 valence electrons. The summed E-state index contributed by atoms with van der Waals surface area (Å²) in [5, 5.41) is 0. The van der Waals surface area contributed by atoms with E-state index in [1.54, 1.807) is 18.7 Å². The fourth-order valence-corrected chi connectivity index (χ4v) is 2.27. The first kappa shape index (κ1) is 17.6. The van der Waals surface area contributed by atoms with Crippen LogP contribution in [0.1, 0.15) is 25.7 Å². The molecule has 7 heteroatoms. The summed E-state index contributed by atoms with van der Waals surface area (Å²) in [5.74, 6) is 0. The highest BCUT2D eigenvalue weighted by Crippen LogP contribution is 2.04. The summed E-state index contributed by atoms with van der Waals surface area (Å²) in [4.78, 5) is 38.8. The number of hydrogen-bond acceptors (Lipinski definition) is 4. The average Bonchev–Trinajstić information content (AvgIpc) is 2.92. The third-order valence-corrected chi connectivity index (χ3v) is 3.40. The lowest BCUT2D eigenvalue weighted by Crippen LogP contribution is -2.39. The minimum atomic E-state index is -0.350. The van der Waals surface area contributed by atoms with E-state index in [0.717, 1.165) is 19.1 Å². The van der Waals surface area contributed by atoms with Gasteiger partial charge in [0.05, 0.1) is 6.33 Å². The van der Waals surface area contributed by atoms with E-state index in [1.165, 1.54) is 15.5 Å². The summed E-state index contributed by atoms with van der Waals surface area (Å²) in [5.41, 5.74) is 0.176. The van der Waals surface area contributed by atoms with E-state index < -0.39 is 0 Å². The first-order chi connectivity index (χ1) is 10.6. The van der Waals surface area contributed by atoms with Crippen LogP contribution in [0.4, 0.5) is 0 Å². The Kier molecular flexibility index (Phi) is 6.49. The first-order valence-electron chi connectivity index (χ1n) is 7.12. The van der Waals surface area contributed by atoms with E-state index in [1.807, 2.05) is 0 Å². The van der Waals surface area contributed by atoms with Crippen molar-refractivity contribution in [3.05, 3.63) is 40.3 Å². The number of imidazole rings is 1. The van der Waals surface area contributed by atoms with E-state index in [0.29, 0.717) is 30.6 Å². The van der Waals surface area contributed by atoms with E-state index in [4.69, 9.17) is 0 Å². The molecule has 0 unspecified atom stereocenters. The Morgan fingerprint density at radius 2 is 1.86 bits per heavy atom. The predicted octanol–water partition coefficient (Wildman–Crippen LogP) is 0.995. The molecule has 0 radical (unpaired) electrons. The van der Waals surface area contributed by atoms with Gasteiger partial charge in [-0.15, -0.1) is 13.2 Å². The average molecular weight is 306 g/mol. The number of carbonyl (C=O) groups excluding carboxylic acids is 1. The molecule has 2 aromatic heterocycles. The predicted molar refractivity (Wildman–Crippen MR) is 86.0 cm³/mol. The Hall–Kier alpha value is -2.44. The van der Waals surface area contributed by atoms with Gasteiger partial charge < -0.3 is 9.36 Å². The van der Waals surface area contributed by atoms with Crippen molar-refractivity contribution in [3.8, 4) is 0 Å². The summed E-state index contributed by atoms with van der Waals surface area (Å²) in [6.45, 7) is 6.37. The van der Waals surface area contributed by atoms with E-state index in [9.17, 15) is 14.4 Å². The van der Waals surface area contributed by atoms with E-state index >= 15 is 0 Å². The van der Waals surface area contributed by atoms with Gasteiger partial charge in [0.1, 0.15) is 6.29 Å². The van der Waals surface area contributed by atoms with Crippen molar-refractivity contribution in [2.45, 2.75) is 32.2 Å². The third-order valence-electron chi connectivity index (χ3n) is 3.40. The van der Waals surface area contributed by atoms with Crippen molar-refractivity contribution in [1.82, 2.24) is 18.7 Å². The normalized spacial score (nSPS) is 10.3. The largest absolute Gasteiger partial charge is 0.332 e. The summed E-state index contributed by atoms with van der Waals surface area (Å²) < 4.78 is 4.26. The SMILES string of the molecule is C=C.Cn1cnc2c1c(=O)n(CCCCCC=O)c(=O)n2C. The van der Waals surface area contributed by atoms with Gasteiger partial charge in [-0.25, -0.2) is 9.78 Å². The number of aryl methyl sites for hydroxylation is 2. The maximum absolute atomic E-state index is 12.3. The Labute approximate surface area is 128 Å². The number of aldehydes is 1. The monoisotopic (exact) mass is 306 g/mol. The van der Waals surface area contributed by atoms with Crippen molar-refractivity contribution >= 4 is 17.5 Å². The quantitative estimate of drug-likeness (QED) is 0.453. The lowest BCUT2D eigenvalue weighted by Gasteiger charge is -2.08. The van der Waals surface area contributed by atoms with Gasteiger partial charge in [0, 0.05) is 27.1 Å². The lowest BCUT2D eigenvalue weighted by molar-refractivity contribution is -0.107. The van der Waals surface area contributed by atoms with Crippen molar-refractivity contribution in [2.75, 3.05) is 0 Å². The van der Waals surface area contributed by atoms with Crippen molar-refractivity contribution in [2.24, 2.45) is 14.1 Å². The molecule has 2 heterocycles. The number of aromatic nitrogens is 4. The van der Waals surface area contributed by atoms with Gasteiger partial charge in [0.2, 0.25) is 0 Å². The first-order valence-corrected chi connectivity index (χ1v) is 7.12. The molecule has 0 bridgehead atoms. The molecule has 0 saturated carbocycles. The molecule has 0 aliphatic heterocycles. The van der Waals surface area contributed by atoms with Crippen LogP contribution >= 0.6 is 0 Å². The van der Waals surface area contributed by atoms with Gasteiger partial charge in [-0.05, 0) is 12.8 Å². The zero-order chi connectivity index (χ0) is 16.7. The smallest absolute Gasteiger partial charge is 0.328 e. The molecular weight excluding hydrogens is 284 g/mol. The number of rotatable bonds is 6. The highest BCUT2D eigenvalue weighted by Gasteiger charge is 2.14. The topological polar surface area (TPSA) is 78.9 Å². The zero-order valence-corrected chi connectivity index (χ0v) is 13.1. The van der Waals surface area contributed by atoms with Crippen LogP contribution in [-0.4, -0.2) is 25.0 Å².